The average molecular weight is 606 g/mol. The number of amidine groups is 1. The Kier molecular flexibility index (Phi) is 9.98. The molecule has 3 aromatic rings. The number of amides is 2. The number of piperazine rings is 1. The first-order chi connectivity index (χ1) is 20.6. The van der Waals surface area contributed by atoms with E-state index in [0.29, 0.717) is 43.1 Å². The number of aliphatic imine (C=N–C) groups is 1. The lowest BCUT2D eigenvalue weighted by atomic mass is 9.94. The van der Waals surface area contributed by atoms with E-state index in [2.05, 4.69) is 16.5 Å². The summed E-state index contributed by atoms with van der Waals surface area (Å²) in [5.74, 6) is 0.123. The highest BCUT2D eigenvalue weighted by Crippen LogP contribution is 2.40. The van der Waals surface area contributed by atoms with E-state index in [1.807, 2.05) is 39.8 Å². The van der Waals surface area contributed by atoms with Crippen LogP contribution in [0.1, 0.15) is 48.9 Å². The summed E-state index contributed by atoms with van der Waals surface area (Å²) < 4.78 is 15.0. The van der Waals surface area contributed by atoms with E-state index in [1.165, 1.54) is 17.0 Å². The molecule has 1 aliphatic heterocycles. The molecule has 1 saturated heterocycles. The predicted molar refractivity (Wildman–Crippen MR) is 169 cm³/mol. The summed E-state index contributed by atoms with van der Waals surface area (Å²) in [4.78, 5) is 40.1. The lowest BCUT2D eigenvalue weighted by Crippen LogP contribution is -2.55. The largest absolute Gasteiger partial charge is 0.392 e. The molecular weight excluding hydrogens is 569 g/mol. The molecule has 8 nitrogen and oxygen atoms in total. The van der Waals surface area contributed by atoms with E-state index in [9.17, 15) is 14.7 Å². The molecule has 1 fully saturated rings. The summed E-state index contributed by atoms with van der Waals surface area (Å²) in [6.45, 7) is 12.7. The molecule has 226 valence electrons. The summed E-state index contributed by atoms with van der Waals surface area (Å²) in [7, 11) is 1.65. The van der Waals surface area contributed by atoms with Gasteiger partial charge in [0, 0.05) is 38.3 Å². The Hall–Kier alpha value is -4.08. The summed E-state index contributed by atoms with van der Waals surface area (Å²) in [5.41, 5.74) is 3.80. The Morgan fingerprint density at radius 1 is 1.28 bits per heavy atom. The third-order valence-electron chi connectivity index (χ3n) is 7.69. The van der Waals surface area contributed by atoms with E-state index in [-0.39, 0.29) is 46.6 Å². The first kappa shape index (κ1) is 31.8. The number of hydrogen-bond donors (Lipinski definition) is 1. The fourth-order valence-corrected chi connectivity index (χ4v) is 5.88. The van der Waals surface area contributed by atoms with E-state index in [0.717, 1.165) is 16.7 Å². The molecule has 0 saturated carbocycles. The second kappa shape index (κ2) is 13.5. The Balaban J connectivity index is 1.97. The maximum absolute atomic E-state index is 15.0. The smallest absolute Gasteiger partial charge is 0.246 e. The van der Waals surface area contributed by atoms with Gasteiger partial charge in [0.1, 0.15) is 11.7 Å². The number of benzene rings is 2. The van der Waals surface area contributed by atoms with Crippen LogP contribution in [0.3, 0.4) is 0 Å². The molecule has 1 atom stereocenters. The van der Waals surface area contributed by atoms with Crippen LogP contribution in [0.5, 0.6) is 0 Å². The normalized spacial score (nSPS) is 15.6. The molecule has 1 aromatic heterocycles. The second-order valence-corrected chi connectivity index (χ2v) is 11.3. The predicted octanol–water partition coefficient (Wildman–Crippen LogP) is 5.85. The Bertz CT molecular complexity index is 1570. The van der Waals surface area contributed by atoms with Crippen molar-refractivity contribution in [1.29, 1.82) is 0 Å². The number of aromatic nitrogens is 1. The highest BCUT2D eigenvalue weighted by Gasteiger charge is 2.32. The molecule has 0 bridgehead atoms. The molecule has 2 amide bonds. The van der Waals surface area contributed by atoms with E-state index < -0.39 is 5.82 Å². The third kappa shape index (κ3) is 6.33. The number of pyridine rings is 1. The summed E-state index contributed by atoms with van der Waals surface area (Å²) in [5, 5.41) is 10.1. The topological polar surface area (TPSA) is 89.3 Å². The molecule has 0 aliphatic carbocycles. The molecule has 0 spiro atoms. The number of aryl methyl sites for hydroxylation is 1. The SMILES string of the molecule is C=CC(=O)N1CCN(/C(=N/C)c2cc(Cl)c(-c3ccccc3F)nc2N(C=O)c2c(C)cc(CO)cc2C(C)C)C(C)C1. The number of carbonyl (C=O) groups is 2. The molecule has 43 heavy (non-hydrogen) atoms. The van der Waals surface area contributed by atoms with E-state index >= 15 is 4.39 Å². The van der Waals surface area contributed by atoms with Crippen LogP contribution < -0.4 is 4.90 Å². The average Bonchev–Trinajstić information content (AvgIpc) is 2.99. The van der Waals surface area contributed by atoms with Gasteiger partial charge in [0.25, 0.3) is 0 Å². The Morgan fingerprint density at radius 2 is 2.00 bits per heavy atom. The number of halogens is 2. The number of hydrogen-bond acceptors (Lipinski definition) is 5. The zero-order valence-corrected chi connectivity index (χ0v) is 25.9. The van der Waals surface area contributed by atoms with Crippen molar-refractivity contribution < 1.29 is 19.1 Å². The maximum atomic E-state index is 15.0. The summed E-state index contributed by atoms with van der Waals surface area (Å²) >= 11 is 6.81. The van der Waals surface area contributed by atoms with Gasteiger partial charge >= 0.3 is 0 Å². The zero-order valence-electron chi connectivity index (χ0n) is 25.1. The first-order valence-electron chi connectivity index (χ1n) is 14.2. The van der Waals surface area contributed by atoms with Crippen LogP contribution >= 0.6 is 11.6 Å². The minimum atomic E-state index is -0.499. The van der Waals surface area contributed by atoms with Crippen LogP contribution in [0.25, 0.3) is 11.3 Å². The van der Waals surface area contributed by atoms with Crippen LogP contribution in [-0.4, -0.2) is 70.8 Å². The van der Waals surface area contributed by atoms with Gasteiger partial charge in [0.15, 0.2) is 5.82 Å². The van der Waals surface area contributed by atoms with Crippen molar-refractivity contribution in [3.8, 4) is 11.3 Å². The second-order valence-electron chi connectivity index (χ2n) is 10.9. The molecular formula is C33H37ClFN5O3. The number of nitrogens with zero attached hydrogens (tertiary/aromatic N) is 5. The van der Waals surface area contributed by atoms with Crippen molar-refractivity contribution in [3.63, 3.8) is 0 Å². The van der Waals surface area contributed by atoms with Gasteiger partial charge in [0.2, 0.25) is 12.3 Å². The van der Waals surface area contributed by atoms with Gasteiger partial charge in [-0.05, 0) is 60.7 Å². The molecule has 1 unspecified atom stereocenters. The standard InChI is InChI=1S/C33H37ClFN5O3/c1-7-29(43)38-12-13-39(22(5)17-38)32(36-6)26-16-27(34)30(24-10-8-9-11-28(24)35)37-33(26)40(19-42)31-21(4)14-23(18-41)15-25(31)20(2)3/h7-11,14-16,19-20,22,41H,1,12-13,17-18H2,2-6H3/b36-32+. The molecule has 1 N–H and O–H groups in total. The molecule has 0 radical (unpaired) electrons. The van der Waals surface area contributed by atoms with Gasteiger partial charge in [-0.25, -0.2) is 9.37 Å². The maximum Gasteiger partial charge on any atom is 0.246 e. The van der Waals surface area contributed by atoms with Crippen molar-refractivity contribution >= 4 is 41.3 Å². The summed E-state index contributed by atoms with van der Waals surface area (Å²) in [6, 6.07) is 11.5. The lowest BCUT2D eigenvalue weighted by molar-refractivity contribution is -0.128. The minimum absolute atomic E-state index is 0.000696. The van der Waals surface area contributed by atoms with Crippen LogP contribution in [0.15, 0.2) is 60.1 Å². The summed E-state index contributed by atoms with van der Waals surface area (Å²) in [6.07, 6.45) is 1.99. The number of rotatable bonds is 8. The van der Waals surface area contributed by atoms with Crippen molar-refractivity contribution in [1.82, 2.24) is 14.8 Å². The highest BCUT2D eigenvalue weighted by atomic mass is 35.5. The van der Waals surface area contributed by atoms with Crippen molar-refractivity contribution in [2.75, 3.05) is 31.6 Å². The van der Waals surface area contributed by atoms with Gasteiger partial charge in [-0.15, -0.1) is 0 Å². The first-order valence-corrected chi connectivity index (χ1v) is 14.5. The Labute approximate surface area is 257 Å². The lowest BCUT2D eigenvalue weighted by Gasteiger charge is -2.41. The molecule has 10 heteroatoms. The zero-order chi connectivity index (χ0) is 31.4. The molecule has 1 aliphatic rings. The van der Waals surface area contributed by atoms with Crippen LogP contribution in [0.2, 0.25) is 5.02 Å². The van der Waals surface area contributed by atoms with E-state index in [1.54, 1.807) is 36.2 Å². The van der Waals surface area contributed by atoms with Crippen LogP contribution in [0, 0.1) is 12.7 Å². The minimum Gasteiger partial charge on any atom is -0.392 e. The van der Waals surface area contributed by atoms with Crippen LogP contribution in [0.4, 0.5) is 15.9 Å². The molecule has 4 rings (SSSR count). The van der Waals surface area contributed by atoms with E-state index in [4.69, 9.17) is 16.6 Å². The molecule has 2 aromatic carbocycles. The fraction of sp³-hybridized carbons (Fsp3) is 0.333. The van der Waals surface area contributed by atoms with Gasteiger partial charge in [0.05, 0.1) is 28.6 Å². The van der Waals surface area contributed by atoms with Gasteiger partial charge in [-0.2, -0.15) is 0 Å². The third-order valence-corrected chi connectivity index (χ3v) is 7.98. The number of aliphatic hydroxyl groups excluding tert-OH is 1. The number of aliphatic hydroxyl groups is 1. The number of carbonyl (C=O) groups excluding carboxylic acids is 2. The highest BCUT2D eigenvalue weighted by molar-refractivity contribution is 6.33. The van der Waals surface area contributed by atoms with Crippen molar-refractivity contribution in [2.45, 2.75) is 46.3 Å². The van der Waals surface area contributed by atoms with Crippen molar-refractivity contribution in [2.24, 2.45) is 4.99 Å². The Morgan fingerprint density at radius 3 is 2.58 bits per heavy atom. The number of anilines is 2. The van der Waals surface area contributed by atoms with Gasteiger partial charge in [-0.1, -0.05) is 56.3 Å². The fourth-order valence-electron chi connectivity index (χ4n) is 5.63. The monoisotopic (exact) mass is 605 g/mol. The van der Waals surface area contributed by atoms with Crippen LogP contribution in [-0.2, 0) is 16.2 Å². The molecule has 2 heterocycles. The quantitative estimate of drug-likeness (QED) is 0.150. The van der Waals surface area contributed by atoms with Gasteiger partial charge in [-0.3, -0.25) is 19.5 Å². The van der Waals surface area contributed by atoms with Crippen molar-refractivity contribution in [3.05, 3.63) is 88.2 Å². The van der Waals surface area contributed by atoms with Gasteiger partial charge < -0.3 is 14.9 Å².